The summed E-state index contributed by atoms with van der Waals surface area (Å²) in [5, 5.41) is 12.2. The molecule has 0 aromatic heterocycles. The first-order chi connectivity index (χ1) is 9.91. The van der Waals surface area contributed by atoms with Crippen LogP contribution in [0.25, 0.3) is 0 Å². The zero-order valence-corrected chi connectivity index (χ0v) is 13.6. The number of carboxylic acid groups (broad SMARTS) is 1. The summed E-state index contributed by atoms with van der Waals surface area (Å²) in [7, 11) is 0. The Kier molecular flexibility index (Phi) is 7.72. The van der Waals surface area contributed by atoms with E-state index in [1.54, 1.807) is 6.92 Å². The topological polar surface area (TPSA) is 69.6 Å². The SMILES string of the molecule is CC(CCCC(C)C(=O)O)NC(C)C(=O)N1CCCCC1. The molecule has 0 spiro atoms. The summed E-state index contributed by atoms with van der Waals surface area (Å²) in [6, 6.07) is 0.0738. The van der Waals surface area contributed by atoms with Crippen molar-refractivity contribution in [3.63, 3.8) is 0 Å². The molecule has 1 amide bonds. The highest BCUT2D eigenvalue weighted by molar-refractivity contribution is 5.81. The molecule has 2 N–H and O–H groups in total. The molecular formula is C16H30N2O3. The molecule has 0 aromatic carbocycles. The standard InChI is InChI=1S/C16H30N2O3/c1-12(16(20)21)8-7-9-13(2)17-14(3)15(19)18-10-5-4-6-11-18/h12-14,17H,4-11H2,1-3H3,(H,20,21). The molecule has 0 saturated carbocycles. The Labute approximate surface area is 128 Å². The van der Waals surface area contributed by atoms with Gasteiger partial charge in [0.1, 0.15) is 0 Å². The molecule has 5 nitrogen and oxygen atoms in total. The molecule has 1 aliphatic rings. The number of piperidine rings is 1. The van der Waals surface area contributed by atoms with Crippen LogP contribution in [0.4, 0.5) is 0 Å². The lowest BCUT2D eigenvalue weighted by molar-refractivity contribution is -0.141. The van der Waals surface area contributed by atoms with E-state index >= 15 is 0 Å². The first-order valence-electron chi connectivity index (χ1n) is 8.19. The smallest absolute Gasteiger partial charge is 0.306 e. The normalized spacial score (nSPS) is 19.9. The van der Waals surface area contributed by atoms with Crippen molar-refractivity contribution in [2.24, 2.45) is 5.92 Å². The van der Waals surface area contributed by atoms with E-state index in [0.717, 1.165) is 38.8 Å². The Morgan fingerprint density at radius 3 is 2.29 bits per heavy atom. The van der Waals surface area contributed by atoms with Crippen LogP contribution in [-0.2, 0) is 9.59 Å². The van der Waals surface area contributed by atoms with Crippen LogP contribution in [0, 0.1) is 5.92 Å². The van der Waals surface area contributed by atoms with Crippen LogP contribution in [0.1, 0.15) is 59.3 Å². The number of hydrogen-bond donors (Lipinski definition) is 2. The van der Waals surface area contributed by atoms with Gasteiger partial charge in [-0.05, 0) is 46.0 Å². The maximum absolute atomic E-state index is 12.3. The molecule has 1 saturated heterocycles. The average Bonchev–Trinajstić information content (AvgIpc) is 2.46. The second-order valence-electron chi connectivity index (χ2n) is 6.35. The predicted molar refractivity (Wildman–Crippen MR) is 83.1 cm³/mol. The fourth-order valence-electron chi connectivity index (χ4n) is 2.82. The third kappa shape index (κ3) is 6.46. The number of rotatable bonds is 8. The number of carboxylic acids is 1. The Bertz CT molecular complexity index is 340. The van der Waals surface area contributed by atoms with E-state index in [-0.39, 0.29) is 23.9 Å². The summed E-state index contributed by atoms with van der Waals surface area (Å²) in [6.45, 7) is 7.49. The number of carbonyl (C=O) groups excluding carboxylic acids is 1. The Morgan fingerprint density at radius 1 is 1.10 bits per heavy atom. The largest absolute Gasteiger partial charge is 0.481 e. The zero-order chi connectivity index (χ0) is 15.8. The van der Waals surface area contributed by atoms with Crippen LogP contribution in [-0.4, -0.2) is 47.1 Å². The van der Waals surface area contributed by atoms with Crippen molar-refractivity contribution >= 4 is 11.9 Å². The highest BCUT2D eigenvalue weighted by Gasteiger charge is 2.23. The molecule has 0 bridgehead atoms. The van der Waals surface area contributed by atoms with Crippen molar-refractivity contribution in [2.75, 3.05) is 13.1 Å². The van der Waals surface area contributed by atoms with Gasteiger partial charge in [0.15, 0.2) is 0 Å². The number of aliphatic carboxylic acids is 1. The highest BCUT2D eigenvalue weighted by Crippen LogP contribution is 2.12. The number of amides is 1. The van der Waals surface area contributed by atoms with Crippen LogP contribution in [0.15, 0.2) is 0 Å². The number of hydrogen-bond acceptors (Lipinski definition) is 3. The molecule has 21 heavy (non-hydrogen) atoms. The monoisotopic (exact) mass is 298 g/mol. The molecule has 1 aliphatic heterocycles. The maximum atomic E-state index is 12.3. The fourth-order valence-corrected chi connectivity index (χ4v) is 2.82. The van der Waals surface area contributed by atoms with Gasteiger partial charge in [-0.1, -0.05) is 13.3 Å². The Hall–Kier alpha value is -1.10. The average molecular weight is 298 g/mol. The molecule has 122 valence electrons. The molecule has 0 aromatic rings. The molecule has 3 atom stereocenters. The van der Waals surface area contributed by atoms with E-state index in [1.165, 1.54) is 6.42 Å². The summed E-state index contributed by atoms with van der Waals surface area (Å²) >= 11 is 0. The van der Waals surface area contributed by atoms with E-state index in [1.807, 2.05) is 11.8 Å². The summed E-state index contributed by atoms with van der Waals surface area (Å²) in [5.41, 5.74) is 0. The highest BCUT2D eigenvalue weighted by atomic mass is 16.4. The summed E-state index contributed by atoms with van der Waals surface area (Å²) < 4.78 is 0. The Morgan fingerprint density at radius 2 is 1.71 bits per heavy atom. The lowest BCUT2D eigenvalue weighted by Crippen LogP contribution is -2.49. The molecule has 1 rings (SSSR count). The van der Waals surface area contributed by atoms with Gasteiger partial charge in [0.25, 0.3) is 0 Å². The zero-order valence-electron chi connectivity index (χ0n) is 13.6. The van der Waals surface area contributed by atoms with E-state index in [2.05, 4.69) is 12.2 Å². The molecule has 0 aliphatic carbocycles. The van der Waals surface area contributed by atoms with Crippen molar-refractivity contribution in [3.8, 4) is 0 Å². The minimum absolute atomic E-state index is 0.157. The predicted octanol–water partition coefficient (Wildman–Crippen LogP) is 2.26. The van der Waals surface area contributed by atoms with Crippen LogP contribution in [0.5, 0.6) is 0 Å². The quantitative estimate of drug-likeness (QED) is 0.721. The Balaban J connectivity index is 2.24. The third-order valence-electron chi connectivity index (χ3n) is 4.27. The van der Waals surface area contributed by atoms with E-state index in [0.29, 0.717) is 6.42 Å². The number of nitrogens with zero attached hydrogens (tertiary/aromatic N) is 1. The van der Waals surface area contributed by atoms with Crippen molar-refractivity contribution in [1.29, 1.82) is 0 Å². The van der Waals surface area contributed by atoms with Gasteiger partial charge in [-0.15, -0.1) is 0 Å². The van der Waals surface area contributed by atoms with Gasteiger partial charge in [0.05, 0.1) is 12.0 Å². The van der Waals surface area contributed by atoms with Crippen molar-refractivity contribution in [1.82, 2.24) is 10.2 Å². The second kappa shape index (κ2) is 9.03. The van der Waals surface area contributed by atoms with Gasteiger partial charge >= 0.3 is 5.97 Å². The first-order valence-corrected chi connectivity index (χ1v) is 8.19. The van der Waals surface area contributed by atoms with Gasteiger partial charge < -0.3 is 15.3 Å². The van der Waals surface area contributed by atoms with E-state index < -0.39 is 5.97 Å². The van der Waals surface area contributed by atoms with Gasteiger partial charge in [0.2, 0.25) is 5.91 Å². The van der Waals surface area contributed by atoms with Gasteiger partial charge in [0, 0.05) is 19.1 Å². The van der Waals surface area contributed by atoms with Crippen molar-refractivity contribution in [2.45, 2.75) is 71.4 Å². The van der Waals surface area contributed by atoms with E-state index in [4.69, 9.17) is 5.11 Å². The van der Waals surface area contributed by atoms with Crippen molar-refractivity contribution < 1.29 is 14.7 Å². The van der Waals surface area contributed by atoms with Crippen LogP contribution in [0.3, 0.4) is 0 Å². The molecule has 1 heterocycles. The number of carbonyl (C=O) groups is 2. The molecule has 5 heteroatoms. The summed E-state index contributed by atoms with van der Waals surface area (Å²) in [5.74, 6) is -0.825. The van der Waals surface area contributed by atoms with Gasteiger partial charge in [-0.3, -0.25) is 9.59 Å². The molecule has 0 radical (unpaired) electrons. The van der Waals surface area contributed by atoms with Crippen LogP contribution < -0.4 is 5.32 Å². The second-order valence-corrected chi connectivity index (χ2v) is 6.35. The van der Waals surface area contributed by atoms with Gasteiger partial charge in [-0.25, -0.2) is 0 Å². The lowest BCUT2D eigenvalue weighted by atomic mass is 10.0. The van der Waals surface area contributed by atoms with Crippen LogP contribution >= 0.6 is 0 Å². The molecule has 1 fully saturated rings. The molecular weight excluding hydrogens is 268 g/mol. The maximum Gasteiger partial charge on any atom is 0.306 e. The minimum Gasteiger partial charge on any atom is -0.481 e. The van der Waals surface area contributed by atoms with Crippen molar-refractivity contribution in [3.05, 3.63) is 0 Å². The number of likely N-dealkylation sites (tertiary alicyclic amines) is 1. The van der Waals surface area contributed by atoms with E-state index in [9.17, 15) is 9.59 Å². The number of nitrogens with one attached hydrogen (secondary N) is 1. The third-order valence-corrected chi connectivity index (χ3v) is 4.27. The summed E-state index contributed by atoms with van der Waals surface area (Å²) in [4.78, 5) is 25.0. The van der Waals surface area contributed by atoms with Crippen LogP contribution in [0.2, 0.25) is 0 Å². The minimum atomic E-state index is -0.732. The summed E-state index contributed by atoms with van der Waals surface area (Å²) in [6.07, 6.45) is 5.91. The first kappa shape index (κ1) is 18.0. The lowest BCUT2D eigenvalue weighted by Gasteiger charge is -2.30. The molecule has 3 unspecified atom stereocenters. The van der Waals surface area contributed by atoms with Gasteiger partial charge in [-0.2, -0.15) is 0 Å². The fraction of sp³-hybridized carbons (Fsp3) is 0.875.